The fourth-order valence-corrected chi connectivity index (χ4v) is 7.58. The molecule has 1 aromatic heterocycles. The number of carbonyl (C=O) groups is 1. The van der Waals surface area contributed by atoms with E-state index >= 15 is 0 Å². The number of aromatic nitrogens is 1. The number of sulfone groups is 1. The second-order valence-electron chi connectivity index (χ2n) is 9.51. The predicted molar refractivity (Wildman–Crippen MR) is 158 cm³/mol. The average Bonchev–Trinajstić information content (AvgIpc) is 3.26. The summed E-state index contributed by atoms with van der Waals surface area (Å²) in [5, 5.41) is 0. The summed E-state index contributed by atoms with van der Waals surface area (Å²) in [5.74, 6) is -2.03. The van der Waals surface area contributed by atoms with E-state index in [1.165, 1.54) is 12.1 Å². The molecule has 0 aliphatic carbocycles. The van der Waals surface area contributed by atoms with Gasteiger partial charge in [0.15, 0.2) is 0 Å². The summed E-state index contributed by atoms with van der Waals surface area (Å²) in [7, 11) is -4.25. The summed E-state index contributed by atoms with van der Waals surface area (Å²) in [5.41, 5.74) is 9.53. The van der Waals surface area contributed by atoms with E-state index in [9.17, 15) is 18.0 Å². The highest BCUT2D eigenvalue weighted by Crippen LogP contribution is 2.42. The van der Waals surface area contributed by atoms with Gasteiger partial charge in [-0.1, -0.05) is 77.9 Å². The van der Waals surface area contributed by atoms with Gasteiger partial charge in [-0.25, -0.2) is 13.2 Å². The van der Waals surface area contributed by atoms with Crippen LogP contribution in [0.3, 0.4) is 0 Å². The van der Waals surface area contributed by atoms with Crippen LogP contribution in [0.1, 0.15) is 35.1 Å². The van der Waals surface area contributed by atoms with E-state index in [1.807, 2.05) is 50.2 Å². The van der Waals surface area contributed by atoms with Crippen LogP contribution >= 0.6 is 11.3 Å². The van der Waals surface area contributed by atoms with E-state index in [2.05, 4.69) is 0 Å². The molecule has 5 rings (SSSR count). The highest BCUT2D eigenvalue weighted by Gasteiger charge is 2.42. The molecule has 9 heteroatoms. The summed E-state index contributed by atoms with van der Waals surface area (Å²) in [6.07, 6.45) is 1.71. The van der Waals surface area contributed by atoms with Gasteiger partial charge in [-0.2, -0.15) is 0 Å². The summed E-state index contributed by atoms with van der Waals surface area (Å²) in [6.45, 7) is 5.62. The Labute approximate surface area is 236 Å². The Hall–Kier alpha value is -4.21. The number of rotatable bonds is 6. The van der Waals surface area contributed by atoms with Crippen LogP contribution in [-0.4, -0.2) is 25.6 Å². The minimum atomic E-state index is -4.25. The quantitative estimate of drug-likeness (QED) is 0.355. The molecule has 1 aliphatic rings. The van der Waals surface area contributed by atoms with Gasteiger partial charge in [-0.15, -0.1) is 11.3 Å². The number of ether oxygens (including phenoxy) is 1. The molecule has 0 radical (unpaired) electrons. The van der Waals surface area contributed by atoms with Gasteiger partial charge in [-0.05, 0) is 50.1 Å². The van der Waals surface area contributed by atoms with Crippen molar-refractivity contribution >= 4 is 44.6 Å². The van der Waals surface area contributed by atoms with E-state index in [4.69, 9.17) is 10.5 Å². The number of benzene rings is 3. The maximum atomic E-state index is 14.2. The molecule has 1 aliphatic heterocycles. The van der Waals surface area contributed by atoms with Gasteiger partial charge < -0.3 is 10.5 Å². The number of aryl methyl sites for hydroxylation is 2. The van der Waals surface area contributed by atoms with E-state index < -0.39 is 27.3 Å². The van der Waals surface area contributed by atoms with Crippen molar-refractivity contribution in [3.05, 3.63) is 126 Å². The Morgan fingerprint density at radius 1 is 0.975 bits per heavy atom. The predicted octanol–water partition coefficient (Wildman–Crippen LogP) is 3.43. The largest absolute Gasteiger partial charge is 0.463 e. The number of thiazole rings is 1. The molecule has 0 bridgehead atoms. The minimum absolute atomic E-state index is 0.00596. The zero-order valence-corrected chi connectivity index (χ0v) is 23.9. The Bertz CT molecular complexity index is 1920. The van der Waals surface area contributed by atoms with Crippen LogP contribution in [0.25, 0.3) is 17.5 Å². The third-order valence-electron chi connectivity index (χ3n) is 6.72. The van der Waals surface area contributed by atoms with Crippen LogP contribution in [0.15, 0.2) is 93.5 Å². The van der Waals surface area contributed by atoms with E-state index in [-0.39, 0.29) is 32.5 Å². The molecule has 0 saturated carbocycles. The molecule has 4 aromatic rings. The lowest BCUT2D eigenvalue weighted by atomic mass is 9.89. The number of carbonyl (C=O) groups excluding carboxylic acids is 1. The molecular weight excluding hydrogens is 544 g/mol. The van der Waals surface area contributed by atoms with Gasteiger partial charge in [0.05, 0.1) is 27.5 Å². The number of hydrogen-bond donors (Lipinski definition) is 1. The highest BCUT2D eigenvalue weighted by atomic mass is 32.2. The number of nitrogens with zero attached hydrogens (tertiary/aromatic N) is 1. The Morgan fingerprint density at radius 2 is 1.57 bits per heavy atom. The average molecular weight is 573 g/mol. The van der Waals surface area contributed by atoms with Crippen LogP contribution in [-0.2, 0) is 19.4 Å². The molecule has 40 heavy (non-hydrogen) atoms. The van der Waals surface area contributed by atoms with Gasteiger partial charge in [0.1, 0.15) is 15.4 Å². The summed E-state index contributed by atoms with van der Waals surface area (Å²) in [6, 6.07) is 22.7. The maximum Gasteiger partial charge on any atom is 0.338 e. The lowest BCUT2D eigenvalue weighted by molar-refractivity contribution is -0.136. The van der Waals surface area contributed by atoms with Crippen LogP contribution < -0.4 is 20.5 Å². The van der Waals surface area contributed by atoms with Crippen molar-refractivity contribution in [2.24, 2.45) is 5.73 Å². The topological polar surface area (TPSA) is 108 Å². The van der Waals surface area contributed by atoms with Gasteiger partial charge in [0.2, 0.25) is 9.84 Å². The Morgan fingerprint density at radius 3 is 2.17 bits per heavy atom. The van der Waals surface area contributed by atoms with Crippen molar-refractivity contribution in [1.29, 1.82) is 0 Å². The maximum absolute atomic E-state index is 14.2. The number of esters is 1. The van der Waals surface area contributed by atoms with Crippen LogP contribution in [0.2, 0.25) is 0 Å². The van der Waals surface area contributed by atoms with E-state index in [0.29, 0.717) is 10.1 Å². The SMILES string of the molecule is CCOC(=O)C1=c2s/c(=C\c3ccc(C)cc3)c(=O)n2C(N)=C(S(=O)(=O)c2ccccc2)[C@H]1c1ccc(C)cc1. The smallest absolute Gasteiger partial charge is 0.338 e. The van der Waals surface area contributed by atoms with Gasteiger partial charge >= 0.3 is 5.97 Å². The number of nitrogens with two attached hydrogens (primary N) is 1. The second-order valence-corrected chi connectivity index (χ2v) is 12.5. The number of fused-ring (bicyclic) bond motifs is 1. The standard InChI is InChI=1S/C31H28N2O5S2/c1-4-38-31(35)26-25(22-16-12-20(3)13-17-22)27(40(36,37)23-8-6-5-7-9-23)28(32)33-29(34)24(39-30(26)33)18-21-14-10-19(2)11-15-21/h5-18,25H,4,32H2,1-3H3/b24-18-/t25-/m0/s1. The highest BCUT2D eigenvalue weighted by molar-refractivity contribution is 7.95. The molecule has 0 unspecified atom stereocenters. The first-order chi connectivity index (χ1) is 19.1. The number of hydrogen-bond acceptors (Lipinski definition) is 7. The Kier molecular flexibility index (Phi) is 7.35. The van der Waals surface area contributed by atoms with Crippen molar-refractivity contribution in [3.8, 4) is 0 Å². The van der Waals surface area contributed by atoms with Crippen LogP contribution in [0.4, 0.5) is 0 Å². The molecule has 0 saturated heterocycles. The molecule has 0 fully saturated rings. The monoisotopic (exact) mass is 572 g/mol. The van der Waals surface area contributed by atoms with Crippen LogP contribution in [0.5, 0.6) is 0 Å². The van der Waals surface area contributed by atoms with Gasteiger partial charge in [-0.3, -0.25) is 9.36 Å². The van der Waals surface area contributed by atoms with E-state index in [1.54, 1.807) is 43.3 Å². The third kappa shape index (κ3) is 4.82. The van der Waals surface area contributed by atoms with Crippen molar-refractivity contribution in [2.45, 2.75) is 31.6 Å². The molecule has 1 atom stereocenters. The van der Waals surface area contributed by atoms with Gasteiger partial charge in [0, 0.05) is 0 Å². The molecule has 3 aromatic carbocycles. The van der Waals surface area contributed by atoms with Crippen molar-refractivity contribution < 1.29 is 17.9 Å². The van der Waals surface area contributed by atoms with Crippen molar-refractivity contribution in [3.63, 3.8) is 0 Å². The third-order valence-corrected chi connectivity index (χ3v) is 9.75. The second kappa shape index (κ2) is 10.7. The molecule has 2 N–H and O–H groups in total. The Balaban J connectivity index is 1.92. The molecular formula is C31H28N2O5S2. The van der Waals surface area contributed by atoms with Gasteiger partial charge in [0.25, 0.3) is 5.56 Å². The normalized spacial score (nSPS) is 15.7. The lowest BCUT2D eigenvalue weighted by Crippen LogP contribution is -2.41. The molecule has 7 nitrogen and oxygen atoms in total. The van der Waals surface area contributed by atoms with E-state index in [0.717, 1.165) is 32.6 Å². The summed E-state index contributed by atoms with van der Waals surface area (Å²) < 4.78 is 35.5. The lowest BCUT2D eigenvalue weighted by Gasteiger charge is -2.28. The summed E-state index contributed by atoms with van der Waals surface area (Å²) in [4.78, 5) is 27.2. The van der Waals surface area contributed by atoms with Crippen molar-refractivity contribution in [1.82, 2.24) is 4.57 Å². The summed E-state index contributed by atoms with van der Waals surface area (Å²) >= 11 is 1.09. The molecule has 2 heterocycles. The first-order valence-electron chi connectivity index (χ1n) is 12.7. The first kappa shape index (κ1) is 27.4. The zero-order chi connectivity index (χ0) is 28.6. The van der Waals surface area contributed by atoms with Crippen molar-refractivity contribution in [2.75, 3.05) is 6.61 Å². The zero-order valence-electron chi connectivity index (χ0n) is 22.2. The fourth-order valence-electron chi connectivity index (χ4n) is 4.72. The fraction of sp³-hybridized carbons (Fsp3) is 0.161. The minimum Gasteiger partial charge on any atom is -0.463 e. The molecule has 0 spiro atoms. The molecule has 204 valence electrons. The first-order valence-corrected chi connectivity index (χ1v) is 15.0. The van der Waals surface area contributed by atoms with Crippen LogP contribution in [0, 0.1) is 13.8 Å². The molecule has 0 amide bonds. The number of allylic oxidation sites excluding steroid dienone is 1.